The van der Waals surface area contributed by atoms with E-state index in [-0.39, 0.29) is 24.3 Å². The van der Waals surface area contributed by atoms with Crippen molar-refractivity contribution in [2.45, 2.75) is 20.3 Å². The maximum absolute atomic E-state index is 11.8. The van der Waals surface area contributed by atoms with E-state index in [1.807, 2.05) is 38.1 Å². The fourth-order valence-electron chi connectivity index (χ4n) is 1.48. The Morgan fingerprint density at radius 1 is 1.39 bits per heavy atom. The SMILES string of the molecule is COc1ccccc1CC(=O)NCC(C)(C)CO. The highest BCUT2D eigenvalue weighted by Gasteiger charge is 2.17. The van der Waals surface area contributed by atoms with Crippen molar-refractivity contribution in [3.63, 3.8) is 0 Å². The second-order valence-electron chi connectivity index (χ2n) is 5.09. The van der Waals surface area contributed by atoms with Gasteiger partial charge in [0.2, 0.25) is 5.91 Å². The molecule has 0 aliphatic rings. The van der Waals surface area contributed by atoms with Gasteiger partial charge in [-0.05, 0) is 6.07 Å². The molecule has 4 heteroatoms. The molecule has 0 spiro atoms. The highest BCUT2D eigenvalue weighted by molar-refractivity contribution is 5.79. The summed E-state index contributed by atoms with van der Waals surface area (Å²) in [5, 5.41) is 11.9. The molecule has 0 unspecified atom stereocenters. The lowest BCUT2D eigenvalue weighted by atomic mass is 9.95. The molecule has 18 heavy (non-hydrogen) atoms. The number of benzene rings is 1. The standard InChI is InChI=1S/C14H21NO3/c1-14(2,10-16)9-15-13(17)8-11-6-4-5-7-12(11)18-3/h4-7,16H,8-10H2,1-3H3,(H,15,17). The summed E-state index contributed by atoms with van der Waals surface area (Å²) in [6, 6.07) is 7.45. The molecule has 0 bridgehead atoms. The molecule has 0 saturated carbocycles. The van der Waals surface area contributed by atoms with E-state index in [1.54, 1.807) is 7.11 Å². The fourth-order valence-corrected chi connectivity index (χ4v) is 1.48. The number of nitrogens with one attached hydrogen (secondary N) is 1. The minimum atomic E-state index is -0.295. The number of hydrogen-bond acceptors (Lipinski definition) is 3. The highest BCUT2D eigenvalue weighted by Crippen LogP contribution is 2.18. The van der Waals surface area contributed by atoms with Gasteiger partial charge in [-0.3, -0.25) is 4.79 Å². The summed E-state index contributed by atoms with van der Waals surface area (Å²) in [6.07, 6.45) is 0.283. The molecule has 1 aromatic rings. The number of aliphatic hydroxyl groups excluding tert-OH is 1. The maximum atomic E-state index is 11.8. The largest absolute Gasteiger partial charge is 0.496 e. The minimum Gasteiger partial charge on any atom is -0.496 e. The molecular weight excluding hydrogens is 230 g/mol. The van der Waals surface area contributed by atoms with Crippen molar-refractivity contribution in [1.82, 2.24) is 5.32 Å². The highest BCUT2D eigenvalue weighted by atomic mass is 16.5. The van der Waals surface area contributed by atoms with Gasteiger partial charge in [0.1, 0.15) is 5.75 Å². The molecule has 0 atom stereocenters. The number of rotatable bonds is 6. The van der Waals surface area contributed by atoms with Crippen LogP contribution in [0.4, 0.5) is 0 Å². The second-order valence-corrected chi connectivity index (χ2v) is 5.09. The zero-order valence-corrected chi connectivity index (χ0v) is 11.2. The van der Waals surface area contributed by atoms with Crippen molar-refractivity contribution in [3.8, 4) is 5.75 Å². The van der Waals surface area contributed by atoms with Gasteiger partial charge in [0.15, 0.2) is 0 Å². The Kier molecular flexibility index (Phi) is 5.16. The van der Waals surface area contributed by atoms with E-state index in [0.29, 0.717) is 12.3 Å². The first-order valence-electron chi connectivity index (χ1n) is 5.98. The Labute approximate surface area is 108 Å². The van der Waals surface area contributed by atoms with Crippen LogP contribution in [0.3, 0.4) is 0 Å². The molecule has 1 amide bonds. The van der Waals surface area contributed by atoms with Gasteiger partial charge in [-0.25, -0.2) is 0 Å². The van der Waals surface area contributed by atoms with Crippen LogP contribution in [0, 0.1) is 5.41 Å². The summed E-state index contributed by atoms with van der Waals surface area (Å²) in [5.41, 5.74) is 0.565. The van der Waals surface area contributed by atoms with Crippen LogP contribution in [-0.4, -0.2) is 31.3 Å². The number of amides is 1. The van der Waals surface area contributed by atoms with Crippen molar-refractivity contribution in [2.75, 3.05) is 20.3 Å². The fraction of sp³-hybridized carbons (Fsp3) is 0.500. The molecule has 0 radical (unpaired) electrons. The third kappa shape index (κ3) is 4.37. The molecule has 2 N–H and O–H groups in total. The number of hydrogen-bond donors (Lipinski definition) is 2. The zero-order chi connectivity index (χ0) is 13.6. The molecular formula is C14H21NO3. The molecule has 100 valence electrons. The lowest BCUT2D eigenvalue weighted by Gasteiger charge is -2.21. The molecule has 1 aromatic carbocycles. The molecule has 0 fully saturated rings. The Balaban J connectivity index is 2.55. The van der Waals surface area contributed by atoms with E-state index in [9.17, 15) is 4.79 Å². The molecule has 0 heterocycles. The summed E-state index contributed by atoms with van der Waals surface area (Å²) in [6.45, 7) is 4.30. The van der Waals surface area contributed by atoms with Crippen molar-refractivity contribution in [3.05, 3.63) is 29.8 Å². The van der Waals surface area contributed by atoms with Crippen molar-refractivity contribution < 1.29 is 14.6 Å². The lowest BCUT2D eigenvalue weighted by molar-refractivity contribution is -0.121. The van der Waals surface area contributed by atoms with Gasteiger partial charge >= 0.3 is 0 Å². The number of ether oxygens (including phenoxy) is 1. The van der Waals surface area contributed by atoms with Gasteiger partial charge in [0.05, 0.1) is 13.5 Å². The van der Waals surface area contributed by atoms with Crippen LogP contribution >= 0.6 is 0 Å². The first-order valence-corrected chi connectivity index (χ1v) is 5.98. The molecule has 0 aromatic heterocycles. The number of carbonyl (C=O) groups excluding carboxylic acids is 1. The maximum Gasteiger partial charge on any atom is 0.224 e. The first kappa shape index (κ1) is 14.5. The van der Waals surface area contributed by atoms with Gasteiger partial charge in [0.25, 0.3) is 0 Å². The lowest BCUT2D eigenvalue weighted by Crippen LogP contribution is -2.36. The third-order valence-electron chi connectivity index (χ3n) is 2.74. The van der Waals surface area contributed by atoms with E-state index < -0.39 is 0 Å². The molecule has 0 aliphatic carbocycles. The summed E-state index contributed by atoms with van der Waals surface area (Å²) >= 11 is 0. The van der Waals surface area contributed by atoms with Gasteiger partial charge in [-0.15, -0.1) is 0 Å². The second kappa shape index (κ2) is 6.40. The number of methoxy groups -OCH3 is 1. The van der Waals surface area contributed by atoms with Crippen molar-refractivity contribution >= 4 is 5.91 Å². The summed E-state index contributed by atoms with van der Waals surface area (Å²) in [4.78, 5) is 11.8. The smallest absolute Gasteiger partial charge is 0.224 e. The van der Waals surface area contributed by atoms with E-state index in [2.05, 4.69) is 5.32 Å². The summed E-state index contributed by atoms with van der Waals surface area (Å²) in [5.74, 6) is 0.648. The average molecular weight is 251 g/mol. The van der Waals surface area contributed by atoms with Gasteiger partial charge in [0, 0.05) is 24.1 Å². The van der Waals surface area contributed by atoms with E-state index >= 15 is 0 Å². The first-order chi connectivity index (χ1) is 8.48. The zero-order valence-electron chi connectivity index (χ0n) is 11.2. The summed E-state index contributed by atoms with van der Waals surface area (Å²) in [7, 11) is 1.59. The number of aliphatic hydroxyl groups is 1. The van der Waals surface area contributed by atoms with Crippen LogP contribution in [0.2, 0.25) is 0 Å². The van der Waals surface area contributed by atoms with Crippen LogP contribution in [0.1, 0.15) is 19.4 Å². The molecule has 0 aliphatic heterocycles. The van der Waals surface area contributed by atoms with Crippen LogP contribution in [-0.2, 0) is 11.2 Å². The Morgan fingerprint density at radius 2 is 2.06 bits per heavy atom. The van der Waals surface area contributed by atoms with E-state index in [0.717, 1.165) is 5.56 Å². The van der Waals surface area contributed by atoms with Crippen LogP contribution in [0.25, 0.3) is 0 Å². The van der Waals surface area contributed by atoms with E-state index in [4.69, 9.17) is 9.84 Å². The van der Waals surface area contributed by atoms with Gasteiger partial charge < -0.3 is 15.2 Å². The predicted molar refractivity (Wildman–Crippen MR) is 70.6 cm³/mol. The molecule has 4 nitrogen and oxygen atoms in total. The Hall–Kier alpha value is -1.55. The minimum absolute atomic E-state index is 0.0436. The summed E-state index contributed by atoms with van der Waals surface area (Å²) < 4.78 is 5.19. The van der Waals surface area contributed by atoms with Crippen molar-refractivity contribution in [1.29, 1.82) is 0 Å². The Morgan fingerprint density at radius 3 is 2.67 bits per heavy atom. The number of carbonyl (C=O) groups is 1. The van der Waals surface area contributed by atoms with Gasteiger partial charge in [-0.2, -0.15) is 0 Å². The predicted octanol–water partition coefficient (Wildman–Crippen LogP) is 1.37. The van der Waals surface area contributed by atoms with Crippen LogP contribution < -0.4 is 10.1 Å². The van der Waals surface area contributed by atoms with Crippen LogP contribution in [0.5, 0.6) is 5.75 Å². The topological polar surface area (TPSA) is 58.6 Å². The Bertz CT molecular complexity index is 402. The number of para-hydroxylation sites is 1. The third-order valence-corrected chi connectivity index (χ3v) is 2.74. The van der Waals surface area contributed by atoms with Gasteiger partial charge in [-0.1, -0.05) is 32.0 Å². The van der Waals surface area contributed by atoms with E-state index in [1.165, 1.54) is 0 Å². The molecule has 0 saturated heterocycles. The van der Waals surface area contributed by atoms with Crippen LogP contribution in [0.15, 0.2) is 24.3 Å². The normalized spacial score (nSPS) is 11.1. The monoisotopic (exact) mass is 251 g/mol. The van der Waals surface area contributed by atoms with Crippen molar-refractivity contribution in [2.24, 2.45) is 5.41 Å². The molecule has 1 rings (SSSR count). The average Bonchev–Trinajstić information content (AvgIpc) is 2.37. The quantitative estimate of drug-likeness (QED) is 0.803.